The Morgan fingerprint density at radius 3 is 2.71 bits per heavy atom. The van der Waals surface area contributed by atoms with Gasteiger partial charge in [0.2, 0.25) is 0 Å². The minimum atomic E-state index is -0.397. The fraction of sp³-hybridized carbons (Fsp3) is 0.455. The second kappa shape index (κ2) is 7.72. The molecule has 0 aromatic heterocycles. The first-order valence-corrected chi connectivity index (χ1v) is 5.49. The number of nitrogens with zero attached hydrogens (tertiary/aromatic N) is 1. The fourth-order valence-electron chi connectivity index (χ4n) is 1.39. The molecule has 0 fully saturated rings. The lowest BCUT2D eigenvalue weighted by Gasteiger charge is -2.05. The lowest BCUT2D eigenvalue weighted by Crippen LogP contribution is -2.28. The summed E-state index contributed by atoms with van der Waals surface area (Å²) in [4.78, 5) is 10.2. The Morgan fingerprint density at radius 1 is 1.24 bits per heavy atom. The van der Waals surface area contributed by atoms with E-state index >= 15 is 0 Å². The molecule has 6 nitrogen and oxygen atoms in total. The molecule has 0 amide bonds. The molecular formula is C11H17N3O3. The van der Waals surface area contributed by atoms with Gasteiger partial charge in [0.1, 0.15) is 0 Å². The van der Waals surface area contributed by atoms with Crippen LogP contribution in [0, 0.1) is 10.1 Å². The highest BCUT2D eigenvalue weighted by molar-refractivity contribution is 5.34. The molecule has 0 unspecified atom stereocenters. The van der Waals surface area contributed by atoms with E-state index in [0.717, 1.165) is 18.7 Å². The molecule has 1 aromatic rings. The van der Waals surface area contributed by atoms with Crippen molar-refractivity contribution in [3.05, 3.63) is 39.9 Å². The van der Waals surface area contributed by atoms with Crippen LogP contribution in [0.5, 0.6) is 0 Å². The summed E-state index contributed by atoms with van der Waals surface area (Å²) < 4.78 is 0. The molecule has 1 aromatic carbocycles. The van der Waals surface area contributed by atoms with E-state index < -0.39 is 4.92 Å². The van der Waals surface area contributed by atoms with E-state index in [0.29, 0.717) is 13.1 Å². The van der Waals surface area contributed by atoms with Crippen LogP contribution in [-0.2, 0) is 6.54 Å². The van der Waals surface area contributed by atoms with Crippen LogP contribution in [0.15, 0.2) is 24.3 Å². The maximum Gasteiger partial charge on any atom is 0.269 e. The van der Waals surface area contributed by atoms with Crippen LogP contribution in [0.4, 0.5) is 5.69 Å². The Morgan fingerprint density at radius 2 is 2.00 bits per heavy atom. The molecule has 0 saturated carbocycles. The topological polar surface area (TPSA) is 87.4 Å². The van der Waals surface area contributed by atoms with E-state index in [1.54, 1.807) is 12.1 Å². The summed E-state index contributed by atoms with van der Waals surface area (Å²) in [6, 6.07) is 6.57. The molecule has 0 heterocycles. The quantitative estimate of drug-likeness (QED) is 0.344. The van der Waals surface area contributed by atoms with Gasteiger partial charge in [-0.2, -0.15) is 0 Å². The van der Waals surface area contributed by atoms with Crippen LogP contribution in [0.2, 0.25) is 0 Å². The zero-order valence-electron chi connectivity index (χ0n) is 9.56. The fourth-order valence-corrected chi connectivity index (χ4v) is 1.39. The van der Waals surface area contributed by atoms with Gasteiger partial charge in [-0.15, -0.1) is 0 Å². The van der Waals surface area contributed by atoms with Crippen molar-refractivity contribution in [2.24, 2.45) is 0 Å². The van der Waals surface area contributed by atoms with Crippen LogP contribution < -0.4 is 10.6 Å². The Balaban J connectivity index is 2.27. The van der Waals surface area contributed by atoms with E-state index in [9.17, 15) is 10.1 Å². The maximum atomic E-state index is 10.6. The van der Waals surface area contributed by atoms with Crippen molar-refractivity contribution in [2.75, 3.05) is 26.2 Å². The highest BCUT2D eigenvalue weighted by Gasteiger charge is 2.04. The average Bonchev–Trinajstić information content (AvgIpc) is 2.34. The zero-order chi connectivity index (χ0) is 12.5. The highest BCUT2D eigenvalue weighted by Crippen LogP contribution is 2.12. The van der Waals surface area contributed by atoms with Crippen molar-refractivity contribution in [1.29, 1.82) is 0 Å². The molecule has 1 rings (SSSR count). The number of hydrogen-bond donors (Lipinski definition) is 3. The SMILES string of the molecule is O=[N+]([O-])c1cccc(CNCCNCCO)c1. The van der Waals surface area contributed by atoms with Crippen molar-refractivity contribution in [1.82, 2.24) is 10.6 Å². The molecule has 94 valence electrons. The zero-order valence-corrected chi connectivity index (χ0v) is 9.56. The summed E-state index contributed by atoms with van der Waals surface area (Å²) >= 11 is 0. The van der Waals surface area contributed by atoms with Crippen LogP contribution in [0.1, 0.15) is 5.56 Å². The number of rotatable bonds is 8. The summed E-state index contributed by atoms with van der Waals surface area (Å²) in [7, 11) is 0. The lowest BCUT2D eigenvalue weighted by atomic mass is 10.2. The monoisotopic (exact) mass is 239 g/mol. The van der Waals surface area contributed by atoms with Crippen LogP contribution >= 0.6 is 0 Å². The first-order chi connectivity index (χ1) is 8.24. The standard InChI is InChI=1S/C11H17N3O3/c15-7-6-12-4-5-13-9-10-2-1-3-11(8-10)14(16)17/h1-3,8,12-13,15H,4-7,9H2. The molecule has 6 heteroatoms. The van der Waals surface area contributed by atoms with E-state index in [1.807, 2.05) is 6.07 Å². The van der Waals surface area contributed by atoms with Crippen LogP contribution in [-0.4, -0.2) is 36.3 Å². The first-order valence-electron chi connectivity index (χ1n) is 5.49. The molecule has 0 aliphatic heterocycles. The lowest BCUT2D eigenvalue weighted by molar-refractivity contribution is -0.384. The molecular weight excluding hydrogens is 222 g/mol. The van der Waals surface area contributed by atoms with Crippen molar-refractivity contribution in [2.45, 2.75) is 6.54 Å². The van der Waals surface area contributed by atoms with E-state index in [-0.39, 0.29) is 12.3 Å². The van der Waals surface area contributed by atoms with Gasteiger partial charge < -0.3 is 15.7 Å². The average molecular weight is 239 g/mol. The largest absolute Gasteiger partial charge is 0.395 e. The van der Waals surface area contributed by atoms with Crippen molar-refractivity contribution in [3.8, 4) is 0 Å². The summed E-state index contributed by atoms with van der Waals surface area (Å²) in [6.45, 7) is 2.82. The van der Waals surface area contributed by atoms with Gasteiger partial charge in [0.25, 0.3) is 5.69 Å². The minimum Gasteiger partial charge on any atom is -0.395 e. The van der Waals surface area contributed by atoms with E-state index in [4.69, 9.17) is 5.11 Å². The molecule has 0 atom stereocenters. The van der Waals surface area contributed by atoms with Gasteiger partial charge in [0.15, 0.2) is 0 Å². The smallest absolute Gasteiger partial charge is 0.269 e. The van der Waals surface area contributed by atoms with Crippen molar-refractivity contribution >= 4 is 5.69 Å². The number of aliphatic hydroxyl groups is 1. The van der Waals surface area contributed by atoms with Gasteiger partial charge >= 0.3 is 0 Å². The third kappa shape index (κ3) is 5.39. The number of nitro benzene ring substituents is 1. The molecule has 0 aliphatic carbocycles. The van der Waals surface area contributed by atoms with Gasteiger partial charge in [-0.05, 0) is 5.56 Å². The number of hydrogen-bond acceptors (Lipinski definition) is 5. The Bertz CT molecular complexity index is 358. The van der Waals surface area contributed by atoms with Gasteiger partial charge in [-0.3, -0.25) is 10.1 Å². The normalized spacial score (nSPS) is 10.4. The van der Waals surface area contributed by atoms with Gasteiger partial charge in [0.05, 0.1) is 11.5 Å². The maximum absolute atomic E-state index is 10.6. The van der Waals surface area contributed by atoms with Gasteiger partial charge in [-0.1, -0.05) is 12.1 Å². The second-order valence-corrected chi connectivity index (χ2v) is 3.58. The second-order valence-electron chi connectivity index (χ2n) is 3.58. The van der Waals surface area contributed by atoms with Gasteiger partial charge in [0, 0.05) is 38.3 Å². The number of nitrogens with one attached hydrogen (secondary N) is 2. The number of non-ortho nitro benzene ring substituents is 1. The molecule has 3 N–H and O–H groups in total. The molecule has 0 spiro atoms. The Labute approximate surface area is 99.8 Å². The summed E-state index contributed by atoms with van der Waals surface area (Å²) in [5.74, 6) is 0. The molecule has 0 bridgehead atoms. The van der Waals surface area contributed by atoms with Gasteiger partial charge in [-0.25, -0.2) is 0 Å². The van der Waals surface area contributed by atoms with Crippen molar-refractivity contribution < 1.29 is 10.0 Å². The molecule has 0 aliphatic rings. The predicted octanol–water partition coefficient (Wildman–Crippen LogP) is 0.266. The highest BCUT2D eigenvalue weighted by atomic mass is 16.6. The number of aliphatic hydroxyl groups excluding tert-OH is 1. The summed E-state index contributed by atoms with van der Waals surface area (Å²) in [5.41, 5.74) is 1.00. The third-order valence-electron chi connectivity index (χ3n) is 2.22. The summed E-state index contributed by atoms with van der Waals surface area (Å²) in [5, 5.41) is 25.3. The Kier molecular flexibility index (Phi) is 6.16. The van der Waals surface area contributed by atoms with Crippen LogP contribution in [0.25, 0.3) is 0 Å². The molecule has 0 saturated heterocycles. The summed E-state index contributed by atoms with van der Waals surface area (Å²) in [6.07, 6.45) is 0. The van der Waals surface area contributed by atoms with E-state index in [1.165, 1.54) is 6.07 Å². The number of nitro groups is 1. The van der Waals surface area contributed by atoms with Crippen LogP contribution in [0.3, 0.4) is 0 Å². The third-order valence-corrected chi connectivity index (χ3v) is 2.22. The van der Waals surface area contributed by atoms with Crippen molar-refractivity contribution in [3.63, 3.8) is 0 Å². The molecule has 0 radical (unpaired) electrons. The van der Waals surface area contributed by atoms with E-state index in [2.05, 4.69) is 10.6 Å². The minimum absolute atomic E-state index is 0.114. The Hall–Kier alpha value is -1.50. The number of benzene rings is 1. The predicted molar refractivity (Wildman–Crippen MR) is 64.8 cm³/mol. The molecule has 17 heavy (non-hydrogen) atoms. The first kappa shape index (κ1) is 13.6.